The second-order valence-corrected chi connectivity index (χ2v) is 8.71. The number of benzene rings is 1. The summed E-state index contributed by atoms with van der Waals surface area (Å²) in [5.74, 6) is -0.718. The van der Waals surface area contributed by atoms with E-state index in [9.17, 15) is 13.6 Å². The van der Waals surface area contributed by atoms with E-state index < -0.39 is 23.1 Å². The lowest BCUT2D eigenvalue weighted by atomic mass is 10.1. The lowest BCUT2D eigenvalue weighted by molar-refractivity contribution is 0.0514. The van der Waals surface area contributed by atoms with Crippen LogP contribution in [0.2, 0.25) is 0 Å². The first-order chi connectivity index (χ1) is 14.4. The number of hydrogen-bond acceptors (Lipinski definition) is 7. The van der Waals surface area contributed by atoms with Crippen molar-refractivity contribution in [1.82, 2.24) is 24.4 Å². The molecule has 3 heterocycles. The fourth-order valence-corrected chi connectivity index (χ4v) is 4.65. The van der Waals surface area contributed by atoms with Crippen LogP contribution < -0.4 is 11.5 Å². The van der Waals surface area contributed by atoms with Crippen molar-refractivity contribution >= 4 is 40.6 Å². The van der Waals surface area contributed by atoms with Crippen molar-refractivity contribution in [3.05, 3.63) is 35.7 Å². The fourth-order valence-electron chi connectivity index (χ4n) is 3.51. The smallest absolute Gasteiger partial charge is 0.260 e. The molecular formula is C19H19F2N7OS. The number of nitrogen functional groups attached to an aromatic ring is 2. The average Bonchev–Trinajstić information content (AvgIpc) is 3.39. The Labute approximate surface area is 174 Å². The zero-order chi connectivity index (χ0) is 21.0. The van der Waals surface area contributed by atoms with E-state index >= 15 is 0 Å². The summed E-state index contributed by atoms with van der Waals surface area (Å²) in [6, 6.07) is 2.42. The molecule has 0 spiro atoms. The quantitative estimate of drug-likeness (QED) is 0.596. The number of carbonyl (C=O) groups is 1. The number of likely N-dealkylation sites (tertiary alicyclic amines) is 1. The maximum Gasteiger partial charge on any atom is 0.260 e. The van der Waals surface area contributed by atoms with E-state index in [1.807, 2.05) is 0 Å². The molecule has 2 aliphatic rings. The van der Waals surface area contributed by atoms with Gasteiger partial charge in [0.1, 0.15) is 16.9 Å². The summed E-state index contributed by atoms with van der Waals surface area (Å²) < 4.78 is 31.0. The van der Waals surface area contributed by atoms with Crippen molar-refractivity contribution in [1.29, 1.82) is 0 Å². The number of anilines is 2. The van der Waals surface area contributed by atoms with Gasteiger partial charge in [0.05, 0.1) is 12.4 Å². The van der Waals surface area contributed by atoms with Gasteiger partial charge in [-0.25, -0.2) is 13.8 Å². The van der Waals surface area contributed by atoms with Crippen LogP contribution in [-0.4, -0.2) is 49.2 Å². The van der Waals surface area contributed by atoms with Crippen molar-refractivity contribution in [2.75, 3.05) is 30.3 Å². The van der Waals surface area contributed by atoms with Gasteiger partial charge in [0.15, 0.2) is 17.3 Å². The van der Waals surface area contributed by atoms with Crippen molar-refractivity contribution in [2.24, 2.45) is 5.92 Å². The highest BCUT2D eigenvalue weighted by atomic mass is 32.2. The molecule has 1 aromatic carbocycles. The molecule has 3 aromatic rings. The van der Waals surface area contributed by atoms with Gasteiger partial charge in [-0.2, -0.15) is 9.97 Å². The molecule has 156 valence electrons. The Morgan fingerprint density at radius 3 is 2.70 bits per heavy atom. The van der Waals surface area contributed by atoms with Crippen LogP contribution in [0.3, 0.4) is 0 Å². The third-order valence-corrected chi connectivity index (χ3v) is 6.71. The highest BCUT2D eigenvalue weighted by molar-refractivity contribution is 7.99. The Morgan fingerprint density at radius 1 is 1.20 bits per heavy atom. The fraction of sp³-hybridized carbons (Fsp3) is 0.368. The van der Waals surface area contributed by atoms with Crippen molar-refractivity contribution < 1.29 is 13.6 Å². The maximum absolute atomic E-state index is 14.9. The number of amides is 1. The minimum absolute atomic E-state index is 0.0265. The predicted octanol–water partition coefficient (Wildman–Crippen LogP) is 2.47. The Balaban J connectivity index is 1.34. The van der Waals surface area contributed by atoms with E-state index in [0.29, 0.717) is 22.0 Å². The van der Waals surface area contributed by atoms with Crippen molar-refractivity contribution in [3.63, 3.8) is 0 Å². The molecule has 2 fully saturated rings. The van der Waals surface area contributed by atoms with Gasteiger partial charge in [-0.15, -0.1) is 11.8 Å². The first kappa shape index (κ1) is 19.0. The summed E-state index contributed by atoms with van der Waals surface area (Å²) >= 11 is 1.34. The van der Waals surface area contributed by atoms with Gasteiger partial charge >= 0.3 is 0 Å². The molecule has 0 radical (unpaired) electrons. The number of rotatable bonds is 5. The molecule has 1 aliphatic heterocycles. The van der Waals surface area contributed by atoms with Gasteiger partial charge in [0, 0.05) is 23.7 Å². The van der Waals surface area contributed by atoms with Crippen molar-refractivity contribution in [3.8, 4) is 0 Å². The van der Waals surface area contributed by atoms with Crippen LogP contribution in [0.25, 0.3) is 11.2 Å². The number of thioether (sulfide) groups is 1. The number of imidazole rings is 1. The minimum Gasteiger partial charge on any atom is -0.382 e. The van der Waals surface area contributed by atoms with Crippen LogP contribution in [0.4, 0.5) is 20.5 Å². The van der Waals surface area contributed by atoms with E-state index in [-0.39, 0.29) is 30.9 Å². The monoisotopic (exact) mass is 431 g/mol. The zero-order valence-electron chi connectivity index (χ0n) is 15.9. The number of halogens is 2. The Hall–Kier alpha value is -2.95. The normalized spacial score (nSPS) is 16.8. The largest absolute Gasteiger partial charge is 0.382 e. The van der Waals surface area contributed by atoms with Crippen molar-refractivity contribution in [2.45, 2.75) is 23.8 Å². The van der Waals surface area contributed by atoms with Gasteiger partial charge < -0.3 is 20.9 Å². The lowest BCUT2D eigenvalue weighted by Gasteiger charge is -2.40. The summed E-state index contributed by atoms with van der Waals surface area (Å²) in [6.07, 6.45) is 3.84. The molecule has 8 nitrogen and oxygen atoms in total. The zero-order valence-corrected chi connectivity index (χ0v) is 16.7. The van der Waals surface area contributed by atoms with Crippen LogP contribution in [0.15, 0.2) is 23.4 Å². The molecule has 5 rings (SSSR count). The molecule has 30 heavy (non-hydrogen) atoms. The highest BCUT2D eigenvalue weighted by Gasteiger charge is 2.36. The van der Waals surface area contributed by atoms with E-state index in [4.69, 9.17) is 11.5 Å². The molecule has 1 amide bonds. The number of nitrogens with two attached hydrogens (primary N) is 2. The number of hydrogen-bond donors (Lipinski definition) is 2. The molecule has 1 saturated carbocycles. The van der Waals surface area contributed by atoms with E-state index in [1.165, 1.54) is 22.7 Å². The van der Waals surface area contributed by atoms with Gasteiger partial charge in [0.2, 0.25) is 5.95 Å². The van der Waals surface area contributed by atoms with Gasteiger partial charge in [0.25, 0.3) is 5.91 Å². The molecule has 2 aromatic heterocycles. The molecule has 11 heteroatoms. The summed E-state index contributed by atoms with van der Waals surface area (Å²) in [6.45, 7) is 0.541. The number of carbonyl (C=O) groups excluding carboxylic acids is 1. The minimum atomic E-state index is -0.849. The van der Waals surface area contributed by atoms with Crippen LogP contribution in [0, 0.1) is 17.6 Å². The summed E-state index contributed by atoms with van der Waals surface area (Å²) in [5.41, 5.74) is 11.9. The topological polar surface area (TPSA) is 116 Å². The summed E-state index contributed by atoms with van der Waals surface area (Å²) in [4.78, 5) is 26.8. The molecular weight excluding hydrogens is 412 g/mol. The second kappa shape index (κ2) is 7.08. The lowest BCUT2D eigenvalue weighted by Crippen LogP contribution is -2.51. The summed E-state index contributed by atoms with van der Waals surface area (Å²) in [5, 5.41) is 0. The van der Waals surface area contributed by atoms with Gasteiger partial charge in [-0.05, 0) is 30.9 Å². The first-order valence-electron chi connectivity index (χ1n) is 9.58. The SMILES string of the molecule is Nc1nc(N)c2ncn(C3CN(C(=O)c4c(F)ccc(SCC5CC5)c4F)C3)c2n1. The molecule has 1 aliphatic carbocycles. The van der Waals surface area contributed by atoms with Crippen LogP contribution >= 0.6 is 11.8 Å². The second-order valence-electron chi connectivity index (χ2n) is 7.64. The standard InChI is InChI=1S/C19H19F2N7OS/c20-11-3-4-12(30-7-9-1-2-9)14(21)13(11)18(29)27-5-10(6-27)28-8-24-15-16(22)25-19(23)26-17(15)28/h3-4,8-10H,1-2,5-7H2,(H4,22,23,25,26). The molecule has 0 unspecified atom stereocenters. The molecule has 0 bridgehead atoms. The highest BCUT2D eigenvalue weighted by Crippen LogP contribution is 2.37. The number of nitrogens with zero attached hydrogens (tertiary/aromatic N) is 5. The predicted molar refractivity (Wildman–Crippen MR) is 109 cm³/mol. The van der Waals surface area contributed by atoms with E-state index in [1.54, 1.807) is 10.9 Å². The Bertz CT molecular complexity index is 1160. The number of aromatic nitrogens is 4. The van der Waals surface area contributed by atoms with Gasteiger partial charge in [-0.3, -0.25) is 4.79 Å². The average molecular weight is 431 g/mol. The van der Waals surface area contributed by atoms with E-state index in [0.717, 1.165) is 24.7 Å². The molecule has 0 atom stereocenters. The summed E-state index contributed by atoms with van der Waals surface area (Å²) in [7, 11) is 0. The van der Waals surface area contributed by atoms with E-state index in [2.05, 4.69) is 15.0 Å². The maximum atomic E-state index is 14.9. The molecule has 4 N–H and O–H groups in total. The van der Waals surface area contributed by atoms with Crippen LogP contribution in [0.5, 0.6) is 0 Å². The first-order valence-corrected chi connectivity index (χ1v) is 10.6. The Morgan fingerprint density at radius 2 is 1.97 bits per heavy atom. The number of fused-ring (bicyclic) bond motifs is 1. The van der Waals surface area contributed by atoms with Gasteiger partial charge in [-0.1, -0.05) is 0 Å². The molecule has 1 saturated heterocycles. The van der Waals surface area contributed by atoms with Crippen LogP contribution in [-0.2, 0) is 0 Å². The third kappa shape index (κ3) is 3.22. The Kier molecular flexibility index (Phi) is 4.49. The third-order valence-electron chi connectivity index (χ3n) is 5.45. The van der Waals surface area contributed by atoms with Crippen LogP contribution in [0.1, 0.15) is 29.2 Å².